The lowest BCUT2D eigenvalue weighted by molar-refractivity contribution is 0.643. The van der Waals surface area contributed by atoms with Crippen molar-refractivity contribution in [3.63, 3.8) is 0 Å². The molecular weight excluding hydrogens is 286 g/mol. The third-order valence-corrected chi connectivity index (χ3v) is 4.57. The van der Waals surface area contributed by atoms with Crippen LogP contribution in [0.15, 0.2) is 24.5 Å². The fourth-order valence-corrected chi connectivity index (χ4v) is 3.36. The van der Waals surface area contributed by atoms with E-state index in [1.165, 1.54) is 11.5 Å². The van der Waals surface area contributed by atoms with Crippen LogP contribution in [-0.4, -0.2) is 50.1 Å². The smallest absolute Gasteiger partial charge is 0.205 e. The SMILES string of the molecule is Cc1nsc(N2CCN(c3cccc4nncn34)CC2)n1. The summed E-state index contributed by atoms with van der Waals surface area (Å²) >= 11 is 1.48. The van der Waals surface area contributed by atoms with E-state index >= 15 is 0 Å². The number of piperazine rings is 1. The summed E-state index contributed by atoms with van der Waals surface area (Å²) in [5, 5.41) is 9.10. The zero-order chi connectivity index (χ0) is 14.2. The first-order chi connectivity index (χ1) is 10.3. The van der Waals surface area contributed by atoms with Crippen LogP contribution >= 0.6 is 11.5 Å². The predicted molar refractivity (Wildman–Crippen MR) is 82.1 cm³/mol. The predicted octanol–water partition coefficient (Wildman–Crippen LogP) is 1.22. The summed E-state index contributed by atoms with van der Waals surface area (Å²) in [6.45, 7) is 5.75. The van der Waals surface area contributed by atoms with Gasteiger partial charge in [-0.05, 0) is 19.1 Å². The average Bonchev–Trinajstić information content (AvgIpc) is 3.15. The topological polar surface area (TPSA) is 62.5 Å². The van der Waals surface area contributed by atoms with Crippen molar-refractivity contribution in [2.75, 3.05) is 36.0 Å². The fraction of sp³-hybridized carbons (Fsp3) is 0.385. The highest BCUT2D eigenvalue weighted by Crippen LogP contribution is 2.22. The molecule has 0 saturated carbocycles. The van der Waals surface area contributed by atoms with E-state index < -0.39 is 0 Å². The normalized spacial score (nSPS) is 15.9. The van der Waals surface area contributed by atoms with Gasteiger partial charge in [0.15, 0.2) is 5.65 Å². The highest BCUT2D eigenvalue weighted by atomic mass is 32.1. The van der Waals surface area contributed by atoms with Gasteiger partial charge in [-0.3, -0.25) is 4.40 Å². The van der Waals surface area contributed by atoms with Gasteiger partial charge in [-0.1, -0.05) is 6.07 Å². The molecule has 8 heteroatoms. The Kier molecular flexibility index (Phi) is 2.95. The van der Waals surface area contributed by atoms with Crippen LogP contribution in [0.3, 0.4) is 0 Å². The minimum atomic E-state index is 0.853. The number of aryl methyl sites for hydroxylation is 1. The molecule has 0 aliphatic carbocycles. The molecule has 4 rings (SSSR count). The molecule has 0 bridgehead atoms. The average molecular weight is 301 g/mol. The van der Waals surface area contributed by atoms with Gasteiger partial charge in [0.05, 0.1) is 0 Å². The monoisotopic (exact) mass is 301 g/mol. The van der Waals surface area contributed by atoms with Crippen LogP contribution in [-0.2, 0) is 0 Å². The van der Waals surface area contributed by atoms with E-state index in [9.17, 15) is 0 Å². The summed E-state index contributed by atoms with van der Waals surface area (Å²) < 4.78 is 6.29. The molecule has 0 spiro atoms. The van der Waals surface area contributed by atoms with Crippen LogP contribution in [0, 0.1) is 6.92 Å². The Morgan fingerprint density at radius 2 is 1.90 bits per heavy atom. The lowest BCUT2D eigenvalue weighted by Gasteiger charge is -2.35. The van der Waals surface area contributed by atoms with E-state index in [0.29, 0.717) is 0 Å². The molecule has 21 heavy (non-hydrogen) atoms. The molecule has 1 aliphatic rings. The maximum absolute atomic E-state index is 4.46. The Labute approximate surface area is 126 Å². The third kappa shape index (κ3) is 2.21. The lowest BCUT2D eigenvalue weighted by Crippen LogP contribution is -2.47. The molecule has 4 heterocycles. The Morgan fingerprint density at radius 3 is 2.67 bits per heavy atom. The van der Waals surface area contributed by atoms with Gasteiger partial charge in [-0.2, -0.15) is 4.37 Å². The van der Waals surface area contributed by atoms with Crippen molar-refractivity contribution in [3.05, 3.63) is 30.4 Å². The van der Waals surface area contributed by atoms with Gasteiger partial charge in [0, 0.05) is 37.7 Å². The van der Waals surface area contributed by atoms with Gasteiger partial charge in [0.25, 0.3) is 0 Å². The Morgan fingerprint density at radius 1 is 1.10 bits per heavy atom. The molecule has 0 amide bonds. The molecule has 1 saturated heterocycles. The Hall–Kier alpha value is -2.22. The van der Waals surface area contributed by atoms with Crippen LogP contribution in [0.25, 0.3) is 5.65 Å². The van der Waals surface area contributed by atoms with E-state index in [4.69, 9.17) is 0 Å². The van der Waals surface area contributed by atoms with Crippen molar-refractivity contribution >= 4 is 28.1 Å². The van der Waals surface area contributed by atoms with Crippen molar-refractivity contribution in [2.24, 2.45) is 0 Å². The van der Waals surface area contributed by atoms with E-state index in [1.807, 2.05) is 23.5 Å². The molecule has 0 atom stereocenters. The largest absolute Gasteiger partial charge is 0.354 e. The molecule has 1 aliphatic heterocycles. The lowest BCUT2D eigenvalue weighted by atomic mass is 10.3. The van der Waals surface area contributed by atoms with Crippen molar-refractivity contribution in [1.82, 2.24) is 24.0 Å². The van der Waals surface area contributed by atoms with Gasteiger partial charge >= 0.3 is 0 Å². The van der Waals surface area contributed by atoms with Crippen molar-refractivity contribution in [1.29, 1.82) is 0 Å². The van der Waals surface area contributed by atoms with E-state index in [-0.39, 0.29) is 0 Å². The molecule has 0 unspecified atom stereocenters. The molecule has 3 aromatic rings. The van der Waals surface area contributed by atoms with Crippen molar-refractivity contribution in [2.45, 2.75) is 6.92 Å². The number of pyridine rings is 1. The molecule has 0 aromatic carbocycles. The summed E-state index contributed by atoms with van der Waals surface area (Å²) in [6, 6.07) is 6.11. The zero-order valence-electron chi connectivity index (χ0n) is 11.7. The first-order valence-electron chi connectivity index (χ1n) is 6.90. The first-order valence-corrected chi connectivity index (χ1v) is 7.67. The summed E-state index contributed by atoms with van der Waals surface area (Å²) in [5.41, 5.74) is 0.884. The minimum absolute atomic E-state index is 0.853. The van der Waals surface area contributed by atoms with Gasteiger partial charge in [-0.15, -0.1) is 10.2 Å². The van der Waals surface area contributed by atoms with Crippen LogP contribution in [0.2, 0.25) is 0 Å². The standard InChI is InChI=1S/C13H15N7S/c1-10-15-13(21-17-10)19-7-5-18(6-8-19)12-4-2-3-11-16-14-9-20(11)12/h2-4,9H,5-8H2,1H3. The van der Waals surface area contributed by atoms with Gasteiger partial charge in [-0.25, -0.2) is 4.98 Å². The number of hydrogen-bond acceptors (Lipinski definition) is 7. The number of anilines is 2. The zero-order valence-corrected chi connectivity index (χ0v) is 12.5. The van der Waals surface area contributed by atoms with Gasteiger partial charge < -0.3 is 9.80 Å². The highest BCUT2D eigenvalue weighted by molar-refractivity contribution is 7.09. The van der Waals surface area contributed by atoms with Gasteiger partial charge in [0.2, 0.25) is 5.13 Å². The molecule has 0 radical (unpaired) electrons. The van der Waals surface area contributed by atoms with E-state index in [1.54, 1.807) is 6.33 Å². The number of aromatic nitrogens is 5. The van der Waals surface area contributed by atoms with E-state index in [0.717, 1.165) is 48.6 Å². The van der Waals surface area contributed by atoms with Crippen LogP contribution in [0.1, 0.15) is 5.82 Å². The highest BCUT2D eigenvalue weighted by Gasteiger charge is 2.21. The maximum atomic E-state index is 4.46. The molecule has 1 fully saturated rings. The summed E-state index contributed by atoms with van der Waals surface area (Å²) in [7, 11) is 0. The number of nitrogens with zero attached hydrogens (tertiary/aromatic N) is 7. The number of hydrogen-bond donors (Lipinski definition) is 0. The summed E-state index contributed by atoms with van der Waals surface area (Å²) in [5.74, 6) is 2.00. The second-order valence-corrected chi connectivity index (χ2v) is 5.77. The number of rotatable bonds is 2. The second-order valence-electron chi connectivity index (χ2n) is 5.04. The van der Waals surface area contributed by atoms with Gasteiger partial charge in [0.1, 0.15) is 18.0 Å². The quantitative estimate of drug-likeness (QED) is 0.709. The van der Waals surface area contributed by atoms with Crippen molar-refractivity contribution < 1.29 is 0 Å². The van der Waals surface area contributed by atoms with Crippen LogP contribution < -0.4 is 9.80 Å². The second kappa shape index (κ2) is 4.96. The Bertz CT molecular complexity index is 757. The maximum Gasteiger partial charge on any atom is 0.205 e. The van der Waals surface area contributed by atoms with Crippen molar-refractivity contribution in [3.8, 4) is 0 Å². The first kappa shape index (κ1) is 12.5. The molecular formula is C13H15N7S. The van der Waals surface area contributed by atoms with Crippen LogP contribution in [0.5, 0.6) is 0 Å². The number of fused-ring (bicyclic) bond motifs is 1. The van der Waals surface area contributed by atoms with E-state index in [2.05, 4.69) is 35.4 Å². The third-order valence-electron chi connectivity index (χ3n) is 3.70. The molecule has 3 aromatic heterocycles. The fourth-order valence-electron chi connectivity index (χ4n) is 2.63. The summed E-state index contributed by atoms with van der Waals surface area (Å²) in [6.07, 6.45) is 1.77. The summed E-state index contributed by atoms with van der Waals surface area (Å²) in [4.78, 5) is 9.12. The minimum Gasteiger partial charge on any atom is -0.354 e. The Balaban J connectivity index is 1.53. The molecule has 7 nitrogen and oxygen atoms in total. The van der Waals surface area contributed by atoms with Crippen LogP contribution in [0.4, 0.5) is 10.9 Å². The molecule has 108 valence electrons. The molecule has 0 N–H and O–H groups in total.